The van der Waals surface area contributed by atoms with Crippen LogP contribution in [0.4, 0.5) is 0 Å². The van der Waals surface area contributed by atoms with Gasteiger partial charge in [0.05, 0.1) is 0 Å². The van der Waals surface area contributed by atoms with Gasteiger partial charge in [0, 0.05) is 0 Å². The maximum Gasteiger partial charge on any atom is 0.320 e. The van der Waals surface area contributed by atoms with E-state index >= 15 is 0 Å². The van der Waals surface area contributed by atoms with E-state index in [1.807, 2.05) is 20.8 Å². The van der Waals surface area contributed by atoms with E-state index in [0.29, 0.717) is 0 Å². The average molecular weight is 261 g/mol. The van der Waals surface area contributed by atoms with Gasteiger partial charge in [0.1, 0.15) is 15.1 Å². The molecule has 0 bridgehead atoms. The monoisotopic (exact) mass is 261 g/mol. The lowest BCUT2D eigenvalue weighted by Gasteiger charge is -2.38. The molecule has 0 aromatic heterocycles. The first-order chi connectivity index (χ1) is 7.72. The molecule has 0 aromatic carbocycles. The molecule has 102 valence electrons. The van der Waals surface area contributed by atoms with Gasteiger partial charge in [-0.3, -0.25) is 4.79 Å². The second-order valence-corrected chi connectivity index (χ2v) is 7.71. The van der Waals surface area contributed by atoms with Crippen molar-refractivity contribution in [3.05, 3.63) is 5.48 Å². The molecule has 0 spiro atoms. The number of carboxylic acids is 1. The third-order valence-electron chi connectivity index (χ3n) is 1.90. The van der Waals surface area contributed by atoms with Crippen molar-refractivity contribution >= 4 is 15.0 Å². The Labute approximate surface area is 106 Å². The highest BCUT2D eigenvalue weighted by Crippen LogP contribution is 2.14. The molecular weight excluding hydrogens is 236 g/mol. The first-order valence-electron chi connectivity index (χ1n) is 6.06. The third kappa shape index (κ3) is 10.4. The molecule has 0 aromatic rings. The van der Waals surface area contributed by atoms with Crippen molar-refractivity contribution in [2.75, 3.05) is 6.54 Å². The first kappa shape index (κ1) is 16.6. The second kappa shape index (κ2) is 7.81. The van der Waals surface area contributed by atoms with Crippen molar-refractivity contribution in [1.29, 1.82) is 0 Å². The maximum absolute atomic E-state index is 10.1. The van der Waals surface area contributed by atoms with Crippen LogP contribution in [0, 0.1) is 0 Å². The Balaban J connectivity index is 0.000000302. The van der Waals surface area contributed by atoms with E-state index < -0.39 is 15.0 Å². The summed E-state index contributed by atoms with van der Waals surface area (Å²) >= 11 is 0. The SMILES string of the molecule is C[SiH](C)O[N-]C(C)(C)C.O=C(O)[C@@H]1CCCN1. The van der Waals surface area contributed by atoms with Gasteiger partial charge in [-0.15, -0.1) is 5.54 Å². The number of carboxylic acid groups (broad SMARTS) is 1. The minimum absolute atomic E-state index is 0.0305. The Kier molecular flexibility index (Phi) is 7.61. The lowest BCUT2D eigenvalue weighted by molar-refractivity contribution is -0.139. The summed E-state index contributed by atoms with van der Waals surface area (Å²) in [5, 5.41) is 11.2. The van der Waals surface area contributed by atoms with Gasteiger partial charge in [0.2, 0.25) is 0 Å². The largest absolute Gasteiger partial charge is 0.543 e. The van der Waals surface area contributed by atoms with Gasteiger partial charge in [0.15, 0.2) is 0 Å². The molecule has 1 aliphatic rings. The number of nitrogens with one attached hydrogen (secondary N) is 1. The fourth-order valence-electron chi connectivity index (χ4n) is 1.16. The molecule has 1 atom stereocenters. The van der Waals surface area contributed by atoms with E-state index in [1.54, 1.807) is 0 Å². The maximum atomic E-state index is 10.1. The van der Waals surface area contributed by atoms with Crippen LogP contribution in [-0.2, 0) is 9.32 Å². The van der Waals surface area contributed by atoms with Crippen LogP contribution in [0.3, 0.4) is 0 Å². The fourth-order valence-corrected chi connectivity index (χ4v) is 1.69. The van der Waals surface area contributed by atoms with E-state index in [-0.39, 0.29) is 11.6 Å². The summed E-state index contributed by atoms with van der Waals surface area (Å²) in [5.74, 6) is -0.720. The topological polar surface area (TPSA) is 72.7 Å². The molecule has 0 amide bonds. The van der Waals surface area contributed by atoms with Crippen molar-refractivity contribution < 1.29 is 14.4 Å². The molecule has 1 fully saturated rings. The summed E-state index contributed by atoms with van der Waals surface area (Å²) in [5.41, 5.74) is 3.99. The molecule has 0 saturated carbocycles. The molecular formula is C11H25N2O3Si-. The summed E-state index contributed by atoms with van der Waals surface area (Å²) in [7, 11) is -0.937. The molecule has 2 N–H and O–H groups in total. The number of hydrogen-bond donors (Lipinski definition) is 2. The predicted octanol–water partition coefficient (Wildman–Crippen LogP) is 1.90. The summed E-state index contributed by atoms with van der Waals surface area (Å²) < 4.78 is 5.17. The second-order valence-electron chi connectivity index (χ2n) is 5.40. The van der Waals surface area contributed by atoms with E-state index in [9.17, 15) is 4.79 Å². The van der Waals surface area contributed by atoms with Gasteiger partial charge in [0.25, 0.3) is 0 Å². The van der Waals surface area contributed by atoms with Crippen LogP contribution < -0.4 is 5.32 Å². The van der Waals surface area contributed by atoms with Gasteiger partial charge >= 0.3 is 5.97 Å². The van der Waals surface area contributed by atoms with Crippen molar-refractivity contribution in [2.45, 2.75) is 58.3 Å². The molecule has 1 aliphatic heterocycles. The zero-order chi connectivity index (χ0) is 13.5. The predicted molar refractivity (Wildman–Crippen MR) is 71.7 cm³/mol. The van der Waals surface area contributed by atoms with Gasteiger partial charge in [-0.1, -0.05) is 20.8 Å². The van der Waals surface area contributed by atoms with Gasteiger partial charge in [-0.05, 0) is 32.5 Å². The van der Waals surface area contributed by atoms with Crippen LogP contribution in [0.5, 0.6) is 0 Å². The molecule has 1 saturated heterocycles. The summed E-state index contributed by atoms with van der Waals surface area (Å²) in [6.45, 7) is 11.2. The van der Waals surface area contributed by atoms with E-state index in [4.69, 9.17) is 9.63 Å². The zero-order valence-corrected chi connectivity index (χ0v) is 12.6. The average Bonchev–Trinajstić information content (AvgIpc) is 2.67. The number of rotatable bonds is 3. The minimum Gasteiger partial charge on any atom is -0.543 e. The molecule has 6 heteroatoms. The standard InChI is InChI=1S/C6H16NOSi.C5H9NO2/c1-6(2,3)7-8-9(4)5;7-5(8)4-2-1-3-6-4/h9H,1-5H3;4,6H,1-3H2,(H,7,8)/q-1;/t;4-/m.0/s1. The van der Waals surface area contributed by atoms with E-state index in [0.717, 1.165) is 19.4 Å². The van der Waals surface area contributed by atoms with Crippen LogP contribution in [0.25, 0.3) is 5.48 Å². The van der Waals surface area contributed by atoms with Gasteiger partial charge < -0.3 is 20.4 Å². The number of carbonyl (C=O) groups is 1. The fraction of sp³-hybridized carbons (Fsp3) is 0.909. The van der Waals surface area contributed by atoms with Crippen molar-refractivity contribution in [2.24, 2.45) is 0 Å². The minimum atomic E-state index is -0.937. The lowest BCUT2D eigenvalue weighted by Crippen LogP contribution is -2.29. The number of hydroxylamine groups is 1. The quantitative estimate of drug-likeness (QED) is 0.601. The Bertz CT molecular complexity index is 223. The highest BCUT2D eigenvalue weighted by Gasteiger charge is 2.20. The normalized spacial score (nSPS) is 20.0. The van der Waals surface area contributed by atoms with Crippen LogP contribution >= 0.6 is 0 Å². The van der Waals surface area contributed by atoms with E-state index in [2.05, 4.69) is 23.9 Å². The first-order valence-corrected chi connectivity index (χ1v) is 8.84. The zero-order valence-electron chi connectivity index (χ0n) is 11.5. The van der Waals surface area contributed by atoms with Crippen LogP contribution in [0.1, 0.15) is 33.6 Å². The van der Waals surface area contributed by atoms with Crippen molar-refractivity contribution in [1.82, 2.24) is 5.32 Å². The summed E-state index contributed by atoms with van der Waals surface area (Å²) in [6.07, 6.45) is 1.78. The Morgan fingerprint density at radius 2 is 2.06 bits per heavy atom. The number of aliphatic carboxylic acids is 1. The molecule has 17 heavy (non-hydrogen) atoms. The highest BCUT2D eigenvalue weighted by molar-refractivity contribution is 6.48. The Morgan fingerprint density at radius 1 is 1.47 bits per heavy atom. The van der Waals surface area contributed by atoms with Crippen molar-refractivity contribution in [3.8, 4) is 0 Å². The van der Waals surface area contributed by atoms with Gasteiger partial charge in [-0.25, -0.2) is 0 Å². The third-order valence-corrected chi connectivity index (χ3v) is 2.42. The van der Waals surface area contributed by atoms with Gasteiger partial charge in [-0.2, -0.15) is 0 Å². The Morgan fingerprint density at radius 3 is 2.24 bits per heavy atom. The smallest absolute Gasteiger partial charge is 0.320 e. The Hall–Kier alpha value is -0.433. The lowest BCUT2D eigenvalue weighted by atomic mass is 10.1. The number of hydrogen-bond acceptors (Lipinski definition) is 3. The van der Waals surface area contributed by atoms with Crippen LogP contribution in [0.2, 0.25) is 13.1 Å². The molecule has 0 aliphatic carbocycles. The van der Waals surface area contributed by atoms with E-state index in [1.165, 1.54) is 0 Å². The molecule has 0 unspecified atom stereocenters. The number of nitrogens with zero attached hydrogens (tertiary/aromatic N) is 1. The molecule has 0 radical (unpaired) electrons. The summed E-state index contributed by atoms with van der Waals surface area (Å²) in [4.78, 5) is 10.1. The van der Waals surface area contributed by atoms with Crippen LogP contribution in [0.15, 0.2) is 0 Å². The molecule has 1 heterocycles. The molecule has 5 nitrogen and oxygen atoms in total. The molecule has 1 rings (SSSR count). The van der Waals surface area contributed by atoms with Crippen LogP contribution in [-0.4, -0.2) is 38.2 Å². The highest BCUT2D eigenvalue weighted by atomic mass is 28.3. The summed E-state index contributed by atoms with van der Waals surface area (Å²) in [6, 6.07) is -0.269. The van der Waals surface area contributed by atoms with Crippen molar-refractivity contribution in [3.63, 3.8) is 0 Å².